The molecule has 0 aliphatic heterocycles. The number of nitrogens with one attached hydrogen (secondary N) is 2. The van der Waals surface area contributed by atoms with Crippen LogP contribution >= 0.6 is 12.2 Å². The number of hydrogen-bond donors (Lipinski definition) is 3. The minimum atomic E-state index is -3.66. The Hall–Kier alpha value is -1.71. The Labute approximate surface area is 129 Å². The van der Waals surface area contributed by atoms with E-state index in [9.17, 15) is 13.2 Å². The molecule has 0 aliphatic rings. The number of sulfonamides is 1. The Morgan fingerprint density at radius 2 is 2.00 bits per heavy atom. The van der Waals surface area contributed by atoms with Gasteiger partial charge in [0.15, 0.2) is 0 Å². The predicted octanol–water partition coefficient (Wildman–Crippen LogP) is -0.130. The maximum atomic E-state index is 12.1. The van der Waals surface area contributed by atoms with E-state index in [0.717, 1.165) is 0 Å². The lowest BCUT2D eigenvalue weighted by atomic mass is 10.2. The Kier molecular flexibility index (Phi) is 6.06. The molecule has 0 aromatic heterocycles. The summed E-state index contributed by atoms with van der Waals surface area (Å²) in [5, 5.41) is 2.56. The summed E-state index contributed by atoms with van der Waals surface area (Å²) in [6.45, 7) is 0.268. The van der Waals surface area contributed by atoms with E-state index in [1.165, 1.54) is 17.0 Å². The molecule has 0 bridgehead atoms. The summed E-state index contributed by atoms with van der Waals surface area (Å²) in [6, 6.07) is 5.77. The average Bonchev–Trinajstić information content (AvgIpc) is 2.43. The molecule has 2 amide bonds. The van der Waals surface area contributed by atoms with Crippen LogP contribution in [0.2, 0.25) is 0 Å². The lowest BCUT2D eigenvalue weighted by Gasteiger charge is -2.12. The lowest BCUT2D eigenvalue weighted by molar-refractivity contribution is 0.217. The van der Waals surface area contributed by atoms with Crippen LogP contribution in [-0.4, -0.2) is 51.5 Å². The molecule has 21 heavy (non-hydrogen) atoms. The van der Waals surface area contributed by atoms with Gasteiger partial charge in [-0.1, -0.05) is 24.4 Å². The van der Waals surface area contributed by atoms with Gasteiger partial charge in [-0.25, -0.2) is 17.9 Å². The van der Waals surface area contributed by atoms with Crippen LogP contribution < -0.4 is 15.8 Å². The van der Waals surface area contributed by atoms with Crippen molar-refractivity contribution in [2.75, 3.05) is 27.2 Å². The molecule has 4 N–H and O–H groups in total. The number of nitrogens with zero attached hydrogens (tertiary/aromatic N) is 1. The van der Waals surface area contributed by atoms with E-state index in [4.69, 9.17) is 18.0 Å². The van der Waals surface area contributed by atoms with Crippen molar-refractivity contribution in [3.8, 4) is 0 Å². The van der Waals surface area contributed by atoms with Crippen molar-refractivity contribution in [2.45, 2.75) is 4.90 Å². The molecule has 0 heterocycles. The largest absolute Gasteiger partial charge is 0.389 e. The summed E-state index contributed by atoms with van der Waals surface area (Å²) in [5.74, 6) is 0. The number of benzene rings is 1. The highest BCUT2D eigenvalue weighted by Gasteiger charge is 2.14. The number of carbonyl (C=O) groups is 1. The molecule has 0 atom stereocenters. The number of rotatable bonds is 6. The van der Waals surface area contributed by atoms with Gasteiger partial charge in [0.1, 0.15) is 4.99 Å². The van der Waals surface area contributed by atoms with Gasteiger partial charge in [0.2, 0.25) is 10.0 Å². The molecule has 0 saturated heterocycles. The van der Waals surface area contributed by atoms with Crippen molar-refractivity contribution in [1.29, 1.82) is 0 Å². The highest BCUT2D eigenvalue weighted by Crippen LogP contribution is 2.11. The van der Waals surface area contributed by atoms with E-state index in [2.05, 4.69) is 10.0 Å². The molecule has 0 spiro atoms. The first-order valence-corrected chi connectivity index (χ1v) is 7.98. The van der Waals surface area contributed by atoms with Crippen molar-refractivity contribution in [1.82, 2.24) is 14.9 Å². The van der Waals surface area contributed by atoms with Gasteiger partial charge in [0, 0.05) is 32.7 Å². The average molecular weight is 330 g/mol. The Morgan fingerprint density at radius 3 is 2.57 bits per heavy atom. The van der Waals surface area contributed by atoms with Gasteiger partial charge in [-0.15, -0.1) is 0 Å². The van der Waals surface area contributed by atoms with Crippen LogP contribution in [0.4, 0.5) is 4.79 Å². The fraction of sp³-hybridized carbons (Fsp3) is 0.333. The number of nitrogens with two attached hydrogens (primary N) is 1. The monoisotopic (exact) mass is 330 g/mol. The molecule has 7 nitrogen and oxygen atoms in total. The van der Waals surface area contributed by atoms with Crippen LogP contribution in [0.25, 0.3) is 0 Å². The molecular weight excluding hydrogens is 312 g/mol. The van der Waals surface area contributed by atoms with Crippen LogP contribution in [0.3, 0.4) is 0 Å². The molecule has 0 saturated carbocycles. The second-order valence-electron chi connectivity index (χ2n) is 4.42. The van der Waals surface area contributed by atoms with E-state index in [0.29, 0.717) is 5.56 Å². The number of carbonyl (C=O) groups excluding carboxylic acids is 1. The first-order valence-electron chi connectivity index (χ1n) is 6.09. The third kappa shape index (κ3) is 5.29. The zero-order valence-electron chi connectivity index (χ0n) is 11.8. The van der Waals surface area contributed by atoms with Crippen LogP contribution in [0.15, 0.2) is 29.2 Å². The zero-order chi connectivity index (χ0) is 16.0. The summed E-state index contributed by atoms with van der Waals surface area (Å²) in [6.07, 6.45) is 0. The topological polar surface area (TPSA) is 105 Å². The summed E-state index contributed by atoms with van der Waals surface area (Å²) >= 11 is 4.81. The lowest BCUT2D eigenvalue weighted by Crippen LogP contribution is -2.39. The van der Waals surface area contributed by atoms with Crippen LogP contribution in [0, 0.1) is 0 Å². The molecule has 0 aliphatic carbocycles. The van der Waals surface area contributed by atoms with E-state index in [-0.39, 0.29) is 29.0 Å². The number of urea groups is 1. The molecule has 0 fully saturated rings. The fourth-order valence-corrected chi connectivity index (χ4v) is 2.62. The van der Waals surface area contributed by atoms with Crippen molar-refractivity contribution < 1.29 is 13.2 Å². The normalized spacial score (nSPS) is 11.0. The minimum absolute atomic E-state index is 0.0757. The third-order valence-electron chi connectivity index (χ3n) is 2.53. The fourth-order valence-electron chi connectivity index (χ4n) is 1.41. The number of hydrogen-bond acceptors (Lipinski definition) is 4. The molecule has 1 aromatic carbocycles. The summed E-state index contributed by atoms with van der Waals surface area (Å²) in [5.41, 5.74) is 5.95. The molecule has 116 valence electrons. The number of thiocarbonyl (C=S) groups is 1. The van der Waals surface area contributed by atoms with Gasteiger partial charge in [0.05, 0.1) is 4.90 Å². The standard InChI is InChI=1S/C12H18N4O3S2/c1-16(2)12(17)14-6-7-15-21(18,19)10-5-3-4-9(8-10)11(13)20/h3-5,8,15H,6-7H2,1-2H3,(H2,13,20)(H,14,17). The molecule has 0 unspecified atom stereocenters. The summed E-state index contributed by atoms with van der Waals surface area (Å²) in [4.78, 5) is 12.8. The molecule has 1 rings (SSSR count). The Bertz CT molecular complexity index is 629. The van der Waals surface area contributed by atoms with Crippen molar-refractivity contribution in [2.24, 2.45) is 5.73 Å². The Balaban J connectivity index is 2.64. The molecule has 0 radical (unpaired) electrons. The van der Waals surface area contributed by atoms with Crippen LogP contribution in [0.5, 0.6) is 0 Å². The van der Waals surface area contributed by atoms with E-state index >= 15 is 0 Å². The number of amides is 2. The first kappa shape index (κ1) is 17.3. The SMILES string of the molecule is CN(C)C(=O)NCCNS(=O)(=O)c1cccc(C(N)=S)c1. The molecule has 1 aromatic rings. The van der Waals surface area contributed by atoms with Gasteiger partial charge in [-0.3, -0.25) is 0 Å². The van der Waals surface area contributed by atoms with Gasteiger partial charge < -0.3 is 16.0 Å². The summed E-state index contributed by atoms with van der Waals surface area (Å²) < 4.78 is 26.5. The molecule has 9 heteroatoms. The second kappa shape index (κ2) is 7.34. The highest BCUT2D eigenvalue weighted by atomic mass is 32.2. The van der Waals surface area contributed by atoms with E-state index in [1.807, 2.05) is 0 Å². The van der Waals surface area contributed by atoms with Gasteiger partial charge >= 0.3 is 6.03 Å². The van der Waals surface area contributed by atoms with E-state index in [1.54, 1.807) is 26.2 Å². The summed E-state index contributed by atoms with van der Waals surface area (Å²) in [7, 11) is -0.469. The van der Waals surface area contributed by atoms with Crippen molar-refractivity contribution >= 4 is 33.3 Å². The third-order valence-corrected chi connectivity index (χ3v) is 4.22. The highest BCUT2D eigenvalue weighted by molar-refractivity contribution is 7.89. The maximum absolute atomic E-state index is 12.1. The quantitative estimate of drug-likeness (QED) is 0.498. The minimum Gasteiger partial charge on any atom is -0.389 e. The predicted molar refractivity (Wildman–Crippen MR) is 84.6 cm³/mol. The second-order valence-corrected chi connectivity index (χ2v) is 6.62. The Morgan fingerprint density at radius 1 is 1.33 bits per heavy atom. The van der Waals surface area contributed by atoms with Crippen molar-refractivity contribution in [3.63, 3.8) is 0 Å². The van der Waals surface area contributed by atoms with Gasteiger partial charge in [-0.2, -0.15) is 0 Å². The van der Waals surface area contributed by atoms with E-state index < -0.39 is 10.0 Å². The van der Waals surface area contributed by atoms with Crippen LogP contribution in [-0.2, 0) is 10.0 Å². The van der Waals surface area contributed by atoms with Crippen LogP contribution in [0.1, 0.15) is 5.56 Å². The van der Waals surface area contributed by atoms with Gasteiger partial charge in [0.25, 0.3) is 0 Å². The molecular formula is C12H18N4O3S2. The van der Waals surface area contributed by atoms with Crippen molar-refractivity contribution in [3.05, 3.63) is 29.8 Å². The smallest absolute Gasteiger partial charge is 0.316 e. The first-order chi connectivity index (χ1) is 9.74. The maximum Gasteiger partial charge on any atom is 0.316 e. The zero-order valence-corrected chi connectivity index (χ0v) is 13.4. The van der Waals surface area contributed by atoms with Gasteiger partial charge in [-0.05, 0) is 12.1 Å².